The normalized spacial score (nSPS) is 27.0. The Kier molecular flexibility index (Phi) is 15.2. The van der Waals surface area contributed by atoms with E-state index in [1.165, 1.54) is 7.05 Å². The van der Waals surface area contributed by atoms with E-state index in [0.717, 1.165) is 55.4 Å². The fourth-order valence-electron chi connectivity index (χ4n) is 5.87. The van der Waals surface area contributed by atoms with Crippen LogP contribution in [0.1, 0.15) is 67.8 Å². The second-order valence-corrected chi connectivity index (χ2v) is 12.2. The highest BCUT2D eigenvalue weighted by atomic mass is 16.7. The first-order valence-corrected chi connectivity index (χ1v) is 16.7. The van der Waals surface area contributed by atoms with Gasteiger partial charge in [0.05, 0.1) is 0 Å². The zero-order valence-corrected chi connectivity index (χ0v) is 31.7. The lowest BCUT2D eigenvalue weighted by Gasteiger charge is -2.45. The molecule has 3 heterocycles. The molecule has 0 amide bonds. The highest BCUT2D eigenvalue weighted by molar-refractivity contribution is 5.70. The summed E-state index contributed by atoms with van der Waals surface area (Å²) in [4.78, 5) is 127. The molecule has 56 heavy (non-hydrogen) atoms. The minimum atomic E-state index is -2.11. The fourth-order valence-corrected chi connectivity index (χ4v) is 5.87. The molecule has 0 spiro atoms. The Morgan fingerprint density at radius 1 is 0.536 bits per heavy atom. The molecule has 2 saturated heterocycles. The molecule has 1 N–H and O–H groups in total. The molecule has 24 nitrogen and oxygen atoms in total. The Labute approximate surface area is 316 Å². The van der Waals surface area contributed by atoms with Gasteiger partial charge in [0.25, 0.3) is 0 Å². The van der Waals surface area contributed by atoms with Crippen molar-refractivity contribution < 1.29 is 85.7 Å². The van der Waals surface area contributed by atoms with Crippen LogP contribution in [0.2, 0.25) is 0 Å². The molecule has 0 aliphatic carbocycles. The maximum Gasteiger partial charge on any atom is 0.352 e. The number of carbonyl (C=O) groups excluding carboxylic acids is 8. The maximum atomic E-state index is 14.7. The number of carbonyl (C=O) groups is 8. The number of nitrogens with zero attached hydrogens (tertiary/aromatic N) is 3. The molecule has 10 atom stereocenters. The lowest BCUT2D eigenvalue weighted by molar-refractivity contribution is -0.275. The largest absolute Gasteiger partial charge is 0.463 e. The minimum absolute atomic E-state index is 0.335. The van der Waals surface area contributed by atoms with Crippen molar-refractivity contribution in [3.63, 3.8) is 0 Å². The lowest BCUT2D eigenvalue weighted by atomic mass is 9.96. The first-order valence-electron chi connectivity index (χ1n) is 16.7. The molecule has 24 heteroatoms. The van der Waals surface area contributed by atoms with Crippen LogP contribution in [0.5, 0.6) is 0 Å². The molecule has 310 valence electrons. The molecule has 0 saturated carbocycles. The Balaban J connectivity index is 2.42. The quantitative estimate of drug-likeness (QED) is 0.166. The van der Waals surface area contributed by atoms with Gasteiger partial charge in [0.1, 0.15) is 25.4 Å². The lowest BCUT2D eigenvalue weighted by Crippen LogP contribution is -2.65. The van der Waals surface area contributed by atoms with Gasteiger partial charge in [-0.15, -0.1) is 5.10 Å². The number of nitrogens with one attached hydrogen (secondary N) is 1. The predicted molar refractivity (Wildman–Crippen MR) is 177 cm³/mol. The summed E-state index contributed by atoms with van der Waals surface area (Å²) in [5.74, 6) is -8.30. The van der Waals surface area contributed by atoms with Crippen molar-refractivity contribution in [3.05, 3.63) is 20.8 Å². The zero-order valence-electron chi connectivity index (χ0n) is 31.7. The Bertz CT molecular complexity index is 1820. The molecule has 0 bridgehead atoms. The van der Waals surface area contributed by atoms with Crippen LogP contribution in [0.4, 0.5) is 5.82 Å². The third kappa shape index (κ3) is 11.1. The second kappa shape index (κ2) is 19.1. The SMILES string of the molecule is CNc1nn([C@@H]2O[C@H](COC(C)=O)[C@H](OC(C)=O)[C@H](OC(C)=O)[C@@H]2OC(C)=O)c(=O)n([C@@H]2O[C@H](COC(C)=O)[C@H](OC(C)=O)[C@@H](OC(C)=O)[C@@H]2OC(C)=O)c1=O. The van der Waals surface area contributed by atoms with Crippen LogP contribution in [0.3, 0.4) is 0 Å². The summed E-state index contributed by atoms with van der Waals surface area (Å²) in [5, 5.41) is 6.52. The molecule has 0 unspecified atom stereocenters. The number of anilines is 1. The van der Waals surface area contributed by atoms with Crippen LogP contribution >= 0.6 is 0 Å². The summed E-state index contributed by atoms with van der Waals surface area (Å²) in [6.07, 6.45) is -18.1. The Morgan fingerprint density at radius 3 is 1.23 bits per heavy atom. The van der Waals surface area contributed by atoms with Crippen molar-refractivity contribution in [3.8, 4) is 0 Å². The van der Waals surface area contributed by atoms with Gasteiger partial charge in [-0.2, -0.15) is 4.68 Å². The summed E-state index contributed by atoms with van der Waals surface area (Å²) < 4.78 is 55.5. The van der Waals surface area contributed by atoms with Crippen molar-refractivity contribution in [1.29, 1.82) is 0 Å². The average molecular weight is 803 g/mol. The first-order chi connectivity index (χ1) is 26.2. The summed E-state index contributed by atoms with van der Waals surface area (Å²) in [5.41, 5.74) is -2.74. The predicted octanol–water partition coefficient (Wildman–Crippen LogP) is -2.04. The third-order valence-corrected chi connectivity index (χ3v) is 7.70. The summed E-state index contributed by atoms with van der Waals surface area (Å²) in [6.45, 7) is 6.44. The van der Waals surface area contributed by atoms with Gasteiger partial charge in [-0.25, -0.2) is 9.36 Å². The van der Waals surface area contributed by atoms with Gasteiger partial charge in [0.15, 0.2) is 49.1 Å². The number of esters is 8. The summed E-state index contributed by atoms with van der Waals surface area (Å²) in [7, 11) is 1.21. The molecule has 0 radical (unpaired) electrons. The Morgan fingerprint density at radius 2 is 0.875 bits per heavy atom. The highest BCUT2D eigenvalue weighted by Gasteiger charge is 2.56. The van der Waals surface area contributed by atoms with Crippen LogP contribution in [-0.2, 0) is 85.7 Å². The number of rotatable bonds is 13. The van der Waals surface area contributed by atoms with Gasteiger partial charge >= 0.3 is 59.0 Å². The van der Waals surface area contributed by atoms with Gasteiger partial charge < -0.3 is 52.7 Å². The van der Waals surface area contributed by atoms with E-state index in [1.54, 1.807) is 0 Å². The Hall–Kier alpha value is -5.91. The molecule has 2 aliphatic rings. The first kappa shape index (κ1) is 44.5. The van der Waals surface area contributed by atoms with Gasteiger partial charge in [0, 0.05) is 62.4 Å². The third-order valence-electron chi connectivity index (χ3n) is 7.70. The van der Waals surface area contributed by atoms with Crippen LogP contribution in [0, 0.1) is 0 Å². The van der Waals surface area contributed by atoms with Gasteiger partial charge in [-0.3, -0.25) is 43.2 Å². The topological polar surface area (TPSA) is 298 Å². The van der Waals surface area contributed by atoms with E-state index in [4.69, 9.17) is 47.4 Å². The second-order valence-electron chi connectivity index (χ2n) is 12.2. The van der Waals surface area contributed by atoms with Gasteiger partial charge in [0.2, 0.25) is 5.82 Å². The monoisotopic (exact) mass is 802 g/mol. The van der Waals surface area contributed by atoms with E-state index in [0.29, 0.717) is 9.25 Å². The van der Waals surface area contributed by atoms with Crippen molar-refractivity contribution >= 4 is 53.6 Å². The molecule has 0 aromatic carbocycles. The number of aromatic nitrogens is 3. The molecular formula is C32H42N4O20. The average Bonchev–Trinajstić information content (AvgIpc) is 3.06. The standard InChI is InChI=1S/C32H42N4O20/c1-12(37)47-10-20-22(49-14(3)39)24(51-16(5)41)26(53-18(7)43)30(55-20)35-29(45)28(33-9)34-36(32(35)46)31-27(54-19(8)44)25(52-17(6)42)23(50-15(4)40)21(56-31)11-48-13(2)38/h20-27,30-31H,10-11H2,1-9H3,(H,33,34)/t20-,21-,22+,23+,24-,25+,26+,27+,30-,31-/m1/s1. The van der Waals surface area contributed by atoms with E-state index in [9.17, 15) is 47.9 Å². The van der Waals surface area contributed by atoms with Crippen LogP contribution in [0.15, 0.2) is 9.59 Å². The number of hydrogen-bond donors (Lipinski definition) is 1. The highest BCUT2D eigenvalue weighted by Crippen LogP contribution is 2.36. The molecule has 3 rings (SSSR count). The number of hydrogen-bond acceptors (Lipinski definition) is 22. The van der Waals surface area contributed by atoms with Crippen molar-refractivity contribution in [2.45, 2.75) is 117 Å². The summed E-state index contributed by atoms with van der Waals surface area (Å²) in [6, 6.07) is 0. The van der Waals surface area contributed by atoms with Crippen LogP contribution in [-0.4, -0.2) is 131 Å². The smallest absolute Gasteiger partial charge is 0.352 e. The van der Waals surface area contributed by atoms with Gasteiger partial charge in [-0.1, -0.05) is 0 Å². The van der Waals surface area contributed by atoms with E-state index in [1.807, 2.05) is 0 Å². The van der Waals surface area contributed by atoms with Crippen LogP contribution < -0.4 is 16.6 Å². The van der Waals surface area contributed by atoms with Gasteiger partial charge in [-0.05, 0) is 0 Å². The zero-order chi connectivity index (χ0) is 42.2. The van der Waals surface area contributed by atoms with E-state index >= 15 is 0 Å². The molecular weight excluding hydrogens is 760 g/mol. The fraction of sp³-hybridized carbons (Fsp3) is 0.656. The van der Waals surface area contributed by atoms with E-state index in [-0.39, 0.29) is 0 Å². The molecule has 2 fully saturated rings. The molecule has 1 aromatic rings. The summed E-state index contributed by atoms with van der Waals surface area (Å²) >= 11 is 0. The van der Waals surface area contributed by atoms with E-state index < -0.39 is 139 Å². The molecule has 1 aromatic heterocycles. The molecule has 2 aliphatic heterocycles. The van der Waals surface area contributed by atoms with Crippen LogP contribution in [0.25, 0.3) is 0 Å². The van der Waals surface area contributed by atoms with Crippen molar-refractivity contribution in [2.75, 3.05) is 25.6 Å². The number of ether oxygens (including phenoxy) is 10. The van der Waals surface area contributed by atoms with E-state index in [2.05, 4.69) is 10.4 Å². The van der Waals surface area contributed by atoms with Crippen molar-refractivity contribution in [2.24, 2.45) is 0 Å². The van der Waals surface area contributed by atoms with Crippen molar-refractivity contribution in [1.82, 2.24) is 14.3 Å². The minimum Gasteiger partial charge on any atom is -0.463 e. The maximum absolute atomic E-state index is 14.7.